The van der Waals surface area contributed by atoms with Crippen molar-refractivity contribution in [3.8, 4) is 11.5 Å². The molecule has 1 fully saturated rings. The molecule has 0 spiro atoms. The maximum atomic E-state index is 14.6. The summed E-state index contributed by atoms with van der Waals surface area (Å²) in [5, 5.41) is 11.8. The Labute approximate surface area is 293 Å². The number of nitrogens with one attached hydrogen (secondary N) is 4. The van der Waals surface area contributed by atoms with Gasteiger partial charge in [-0.2, -0.15) is 0 Å². The standard InChI is InChI=1S/C39H47N5O6/c1-5-25(2)34-37(46)41-20-18-28-24-29(16-17-32(28)49-4)50-33-19-21-44(35(33)38(47)43-34)39(48)31(23-27-14-10-7-11-15-27)42-36(45)30(40-3)22-26-12-8-6-9-13-26/h6-18,20,24-25,30-31,33-35,40H,5,19,21-23H2,1-4H3,(H,41,46)(H,42,45)(H,43,47)/t25-,30-,31-,33-,34+,35-/m0/s1. The van der Waals surface area contributed by atoms with Gasteiger partial charge in [0.05, 0.1) is 13.2 Å². The topological polar surface area (TPSA) is 138 Å². The third-order valence-electron chi connectivity index (χ3n) is 9.51. The van der Waals surface area contributed by atoms with Crippen molar-refractivity contribution in [1.82, 2.24) is 26.2 Å². The quantitative estimate of drug-likeness (QED) is 0.244. The molecule has 3 aromatic rings. The first-order chi connectivity index (χ1) is 24.2. The van der Waals surface area contributed by atoms with Crippen LogP contribution in [-0.2, 0) is 32.0 Å². The highest BCUT2D eigenvalue weighted by molar-refractivity contribution is 5.96. The molecule has 0 aromatic heterocycles. The number of fused-ring (bicyclic) bond motifs is 3. The van der Waals surface area contributed by atoms with E-state index in [2.05, 4.69) is 21.3 Å². The summed E-state index contributed by atoms with van der Waals surface area (Å²) in [7, 11) is 3.27. The molecule has 11 nitrogen and oxygen atoms in total. The van der Waals surface area contributed by atoms with E-state index in [1.165, 1.54) is 11.1 Å². The zero-order chi connectivity index (χ0) is 35.6. The molecular weight excluding hydrogens is 634 g/mol. The lowest BCUT2D eigenvalue weighted by molar-refractivity contribution is -0.144. The van der Waals surface area contributed by atoms with Crippen LogP contribution in [0.5, 0.6) is 11.5 Å². The summed E-state index contributed by atoms with van der Waals surface area (Å²) in [5.41, 5.74) is 2.50. The third kappa shape index (κ3) is 8.70. The van der Waals surface area contributed by atoms with Crippen LogP contribution in [-0.4, -0.2) is 79.5 Å². The Bertz CT molecular complexity index is 1670. The van der Waals surface area contributed by atoms with Crippen molar-refractivity contribution in [3.63, 3.8) is 0 Å². The zero-order valence-electron chi connectivity index (χ0n) is 29.1. The Morgan fingerprint density at radius 1 is 0.960 bits per heavy atom. The number of ether oxygens (including phenoxy) is 2. The van der Waals surface area contributed by atoms with Gasteiger partial charge in [0.1, 0.15) is 35.7 Å². The van der Waals surface area contributed by atoms with Gasteiger partial charge in [0.2, 0.25) is 23.6 Å². The molecule has 5 rings (SSSR count). The molecule has 2 heterocycles. The second kappa shape index (κ2) is 17.0. The fraction of sp³-hybridized carbons (Fsp3) is 0.385. The molecule has 0 radical (unpaired) electrons. The van der Waals surface area contributed by atoms with E-state index >= 15 is 0 Å². The van der Waals surface area contributed by atoms with Crippen LogP contribution in [0.1, 0.15) is 43.4 Å². The number of likely N-dealkylation sites (N-methyl/N-ethyl adjacent to an activating group) is 1. The molecule has 0 aliphatic carbocycles. The minimum absolute atomic E-state index is 0.203. The lowest BCUT2D eigenvalue weighted by atomic mass is 9.97. The van der Waals surface area contributed by atoms with Crippen molar-refractivity contribution in [2.24, 2.45) is 5.92 Å². The van der Waals surface area contributed by atoms with Gasteiger partial charge in [0.25, 0.3) is 0 Å². The maximum absolute atomic E-state index is 14.6. The average molecular weight is 682 g/mol. The SMILES string of the molecule is CC[C@H](C)[C@H]1NC(=O)[C@@H]2[C@H](CCN2C(=O)[C@H](Cc2ccccc2)NC(=O)[C@H](Cc2ccccc2)NC)Oc2ccc(OC)c(c2)C=CNC1=O. The normalized spacial score (nSPS) is 20.7. The number of benzene rings is 3. The Kier molecular flexibility index (Phi) is 12.3. The Morgan fingerprint density at radius 3 is 2.24 bits per heavy atom. The number of nitrogens with zero attached hydrogens (tertiary/aromatic N) is 1. The summed E-state index contributed by atoms with van der Waals surface area (Å²) in [6, 6.07) is 20.9. The van der Waals surface area contributed by atoms with Crippen molar-refractivity contribution < 1.29 is 28.7 Å². The maximum Gasteiger partial charge on any atom is 0.247 e. The van der Waals surface area contributed by atoms with Crippen LogP contribution in [0.3, 0.4) is 0 Å². The smallest absolute Gasteiger partial charge is 0.247 e. The van der Waals surface area contributed by atoms with Crippen LogP contribution in [0, 0.1) is 5.92 Å². The molecule has 2 aliphatic heterocycles. The number of hydrogen-bond acceptors (Lipinski definition) is 7. The third-order valence-corrected chi connectivity index (χ3v) is 9.51. The summed E-state index contributed by atoms with van der Waals surface area (Å²) in [6.45, 7) is 4.05. The lowest BCUT2D eigenvalue weighted by Crippen LogP contribution is -2.60. The number of methoxy groups -OCH3 is 1. The molecule has 2 bridgehead atoms. The predicted molar refractivity (Wildman–Crippen MR) is 191 cm³/mol. The molecule has 1 saturated heterocycles. The molecule has 4 amide bonds. The monoisotopic (exact) mass is 681 g/mol. The van der Waals surface area contributed by atoms with E-state index < -0.39 is 42.1 Å². The van der Waals surface area contributed by atoms with E-state index in [4.69, 9.17) is 9.47 Å². The van der Waals surface area contributed by atoms with E-state index in [-0.39, 0.29) is 30.7 Å². The van der Waals surface area contributed by atoms with Crippen molar-refractivity contribution >= 4 is 29.7 Å². The van der Waals surface area contributed by atoms with Crippen LogP contribution in [0.15, 0.2) is 85.1 Å². The van der Waals surface area contributed by atoms with Crippen molar-refractivity contribution in [3.05, 3.63) is 102 Å². The highest BCUT2D eigenvalue weighted by atomic mass is 16.5. The van der Waals surface area contributed by atoms with E-state index in [9.17, 15) is 19.2 Å². The first kappa shape index (κ1) is 36.1. The van der Waals surface area contributed by atoms with Crippen molar-refractivity contribution in [1.29, 1.82) is 0 Å². The second-order valence-electron chi connectivity index (χ2n) is 12.8. The molecule has 6 atom stereocenters. The van der Waals surface area contributed by atoms with Crippen LogP contribution in [0.4, 0.5) is 0 Å². The van der Waals surface area contributed by atoms with Crippen LogP contribution in [0.25, 0.3) is 6.08 Å². The van der Waals surface area contributed by atoms with Gasteiger partial charge in [-0.05, 0) is 54.8 Å². The van der Waals surface area contributed by atoms with Gasteiger partial charge in [-0.15, -0.1) is 0 Å². The van der Waals surface area contributed by atoms with Crippen LogP contribution in [0.2, 0.25) is 0 Å². The Balaban J connectivity index is 1.48. The van der Waals surface area contributed by atoms with E-state index in [1.54, 1.807) is 38.4 Å². The molecule has 11 heteroatoms. The molecule has 0 unspecified atom stereocenters. The highest BCUT2D eigenvalue weighted by Gasteiger charge is 2.46. The summed E-state index contributed by atoms with van der Waals surface area (Å²) >= 11 is 0. The first-order valence-corrected chi connectivity index (χ1v) is 17.2. The number of carbonyl (C=O) groups excluding carboxylic acids is 4. The molecule has 3 aromatic carbocycles. The fourth-order valence-electron chi connectivity index (χ4n) is 6.48. The molecular formula is C39H47N5O6. The average Bonchev–Trinajstić information content (AvgIpc) is 3.55. The largest absolute Gasteiger partial charge is 0.496 e. The Hall–Kier alpha value is -5.16. The van der Waals surface area contributed by atoms with Gasteiger partial charge < -0.3 is 35.6 Å². The van der Waals surface area contributed by atoms with E-state index in [0.29, 0.717) is 36.3 Å². The highest BCUT2D eigenvalue weighted by Crippen LogP contribution is 2.30. The molecule has 2 aliphatic rings. The molecule has 4 N–H and O–H groups in total. The van der Waals surface area contributed by atoms with Gasteiger partial charge in [-0.1, -0.05) is 80.9 Å². The number of amides is 4. The van der Waals surface area contributed by atoms with Gasteiger partial charge in [-0.25, -0.2) is 0 Å². The van der Waals surface area contributed by atoms with E-state index in [0.717, 1.165) is 11.1 Å². The number of carbonyl (C=O) groups is 4. The van der Waals surface area contributed by atoms with Gasteiger partial charge >= 0.3 is 0 Å². The minimum atomic E-state index is -1.07. The number of hydrogen-bond donors (Lipinski definition) is 4. The molecule has 0 saturated carbocycles. The van der Waals surface area contributed by atoms with Gasteiger partial charge in [0, 0.05) is 31.1 Å². The van der Waals surface area contributed by atoms with Crippen molar-refractivity contribution in [2.75, 3.05) is 20.7 Å². The Morgan fingerprint density at radius 2 is 1.62 bits per heavy atom. The van der Waals surface area contributed by atoms with Crippen LogP contribution >= 0.6 is 0 Å². The first-order valence-electron chi connectivity index (χ1n) is 17.2. The lowest BCUT2D eigenvalue weighted by Gasteiger charge is -2.33. The summed E-state index contributed by atoms with van der Waals surface area (Å²) in [6.07, 6.45) is 4.15. The molecule has 264 valence electrons. The minimum Gasteiger partial charge on any atom is -0.496 e. The van der Waals surface area contributed by atoms with Crippen molar-refractivity contribution in [2.45, 2.75) is 69.8 Å². The number of rotatable bonds is 11. The van der Waals surface area contributed by atoms with Crippen LogP contribution < -0.4 is 30.7 Å². The summed E-state index contributed by atoms with van der Waals surface area (Å²) in [4.78, 5) is 57.6. The fourth-order valence-corrected chi connectivity index (χ4v) is 6.48. The zero-order valence-corrected chi connectivity index (χ0v) is 29.1. The number of likely N-dealkylation sites (tertiary alicyclic amines) is 1. The molecule has 50 heavy (non-hydrogen) atoms. The summed E-state index contributed by atoms with van der Waals surface area (Å²) < 4.78 is 12.0. The predicted octanol–water partition coefficient (Wildman–Crippen LogP) is 3.23. The van der Waals surface area contributed by atoms with Gasteiger partial charge in [-0.3, -0.25) is 19.2 Å². The van der Waals surface area contributed by atoms with Gasteiger partial charge in [0.15, 0.2) is 0 Å². The summed E-state index contributed by atoms with van der Waals surface area (Å²) in [5.74, 6) is -0.753. The van der Waals surface area contributed by atoms with E-state index in [1.807, 2.05) is 74.5 Å². The second-order valence-corrected chi connectivity index (χ2v) is 12.8.